The molecule has 0 bridgehead atoms. The molecule has 0 heterocycles. The predicted molar refractivity (Wildman–Crippen MR) is 77.9 cm³/mol. The van der Waals surface area contributed by atoms with Crippen LogP contribution in [0, 0.1) is 12.7 Å². The summed E-state index contributed by atoms with van der Waals surface area (Å²) < 4.78 is 13.6. The molecule has 3 N–H and O–H groups in total. The molecule has 0 aliphatic heterocycles. The summed E-state index contributed by atoms with van der Waals surface area (Å²) in [7, 11) is 0. The minimum absolute atomic E-state index is 0.157. The highest BCUT2D eigenvalue weighted by Crippen LogP contribution is 2.15. The number of rotatable bonds is 4. The van der Waals surface area contributed by atoms with Crippen molar-refractivity contribution >= 4 is 11.6 Å². The van der Waals surface area contributed by atoms with E-state index in [1.54, 1.807) is 13.0 Å². The van der Waals surface area contributed by atoms with Crippen LogP contribution in [0.25, 0.3) is 0 Å². The van der Waals surface area contributed by atoms with Gasteiger partial charge in [-0.15, -0.1) is 0 Å². The Morgan fingerprint density at radius 3 is 2.60 bits per heavy atom. The minimum atomic E-state index is -0.710. The number of amides is 1. The molecule has 1 amide bonds. The maximum Gasteiger partial charge on any atom is 0.241 e. The highest BCUT2D eigenvalue weighted by atomic mass is 19.1. The van der Waals surface area contributed by atoms with Crippen LogP contribution in [0.15, 0.2) is 48.5 Å². The molecule has 2 aromatic carbocycles. The van der Waals surface area contributed by atoms with Gasteiger partial charge in [0.25, 0.3) is 0 Å². The van der Waals surface area contributed by atoms with Gasteiger partial charge >= 0.3 is 0 Å². The molecule has 3 nitrogen and oxygen atoms in total. The summed E-state index contributed by atoms with van der Waals surface area (Å²) in [6.07, 6.45) is 0.417. The van der Waals surface area contributed by atoms with Crippen molar-refractivity contribution in [2.75, 3.05) is 5.32 Å². The third kappa shape index (κ3) is 3.65. The molecule has 0 fully saturated rings. The molecule has 0 aliphatic rings. The lowest BCUT2D eigenvalue weighted by Gasteiger charge is -2.13. The molecule has 0 saturated carbocycles. The number of aryl methyl sites for hydroxylation is 1. The van der Waals surface area contributed by atoms with Crippen LogP contribution in [0.1, 0.15) is 11.1 Å². The lowest BCUT2D eigenvalue weighted by atomic mass is 10.1. The molecule has 104 valence electrons. The monoisotopic (exact) mass is 272 g/mol. The average Bonchev–Trinajstić information content (AvgIpc) is 2.43. The van der Waals surface area contributed by atoms with Gasteiger partial charge in [0.05, 0.1) is 11.7 Å². The fraction of sp³-hybridized carbons (Fsp3) is 0.188. The summed E-state index contributed by atoms with van der Waals surface area (Å²) in [5, 5.41) is 2.52. The molecule has 0 saturated heterocycles. The van der Waals surface area contributed by atoms with Gasteiger partial charge in [0, 0.05) is 0 Å². The standard InChI is InChI=1S/C16H17FN2O/c1-11-7-8-15(13(17)9-11)19-16(20)14(18)10-12-5-3-2-4-6-12/h2-9,14H,10,18H2,1H3,(H,19,20)/t14-/m1/s1. The third-order valence-corrected chi connectivity index (χ3v) is 3.02. The van der Waals surface area contributed by atoms with Crippen LogP contribution in [0.3, 0.4) is 0 Å². The van der Waals surface area contributed by atoms with Gasteiger partial charge in [-0.1, -0.05) is 36.4 Å². The largest absolute Gasteiger partial charge is 0.322 e. The zero-order valence-corrected chi connectivity index (χ0v) is 11.3. The van der Waals surface area contributed by atoms with Gasteiger partial charge in [0.1, 0.15) is 5.82 Å². The first-order chi connectivity index (χ1) is 9.56. The zero-order chi connectivity index (χ0) is 14.5. The Kier molecular flexibility index (Phi) is 4.48. The Bertz CT molecular complexity index is 599. The van der Waals surface area contributed by atoms with Gasteiger partial charge in [0.2, 0.25) is 5.91 Å². The zero-order valence-electron chi connectivity index (χ0n) is 11.3. The topological polar surface area (TPSA) is 55.1 Å². The molecule has 2 rings (SSSR count). The summed E-state index contributed by atoms with van der Waals surface area (Å²) >= 11 is 0. The van der Waals surface area contributed by atoms with Gasteiger partial charge in [-0.2, -0.15) is 0 Å². The summed E-state index contributed by atoms with van der Waals surface area (Å²) in [6, 6.07) is 13.4. The smallest absolute Gasteiger partial charge is 0.241 e. The van der Waals surface area contributed by atoms with E-state index in [2.05, 4.69) is 5.32 Å². The predicted octanol–water partition coefficient (Wildman–Crippen LogP) is 2.64. The van der Waals surface area contributed by atoms with E-state index in [4.69, 9.17) is 5.73 Å². The molecular weight excluding hydrogens is 255 g/mol. The van der Waals surface area contributed by atoms with E-state index in [9.17, 15) is 9.18 Å². The lowest BCUT2D eigenvalue weighted by Crippen LogP contribution is -2.37. The number of hydrogen-bond acceptors (Lipinski definition) is 2. The number of benzene rings is 2. The second-order valence-corrected chi connectivity index (χ2v) is 4.77. The maximum atomic E-state index is 13.6. The summed E-state index contributed by atoms with van der Waals surface area (Å²) in [5.41, 5.74) is 7.77. The molecule has 0 unspecified atom stereocenters. The van der Waals surface area contributed by atoms with E-state index >= 15 is 0 Å². The Balaban J connectivity index is 2.01. The maximum absolute atomic E-state index is 13.6. The van der Waals surface area contributed by atoms with Gasteiger partial charge in [-0.05, 0) is 36.6 Å². The molecular formula is C16H17FN2O. The second kappa shape index (κ2) is 6.30. The molecule has 20 heavy (non-hydrogen) atoms. The van der Waals surface area contributed by atoms with E-state index < -0.39 is 17.8 Å². The number of halogens is 1. The van der Waals surface area contributed by atoms with Crippen molar-refractivity contribution in [3.63, 3.8) is 0 Å². The van der Waals surface area contributed by atoms with Gasteiger partial charge < -0.3 is 11.1 Å². The van der Waals surface area contributed by atoms with Gasteiger partial charge in [0.15, 0.2) is 0 Å². The first-order valence-corrected chi connectivity index (χ1v) is 6.43. The fourth-order valence-electron chi connectivity index (χ4n) is 1.91. The first-order valence-electron chi connectivity index (χ1n) is 6.43. The number of anilines is 1. The van der Waals surface area contributed by atoms with E-state index in [1.807, 2.05) is 30.3 Å². The summed E-state index contributed by atoms with van der Waals surface area (Å²) in [5.74, 6) is -0.845. The highest BCUT2D eigenvalue weighted by Gasteiger charge is 2.15. The Morgan fingerprint density at radius 1 is 1.25 bits per heavy atom. The van der Waals surface area contributed by atoms with Crippen LogP contribution in [-0.4, -0.2) is 11.9 Å². The molecule has 4 heteroatoms. The van der Waals surface area contributed by atoms with E-state index in [1.165, 1.54) is 12.1 Å². The number of carbonyl (C=O) groups is 1. The summed E-state index contributed by atoms with van der Waals surface area (Å²) in [4.78, 5) is 12.0. The van der Waals surface area contributed by atoms with Crippen LogP contribution in [0.4, 0.5) is 10.1 Å². The van der Waals surface area contributed by atoms with Crippen LogP contribution in [0.2, 0.25) is 0 Å². The average molecular weight is 272 g/mol. The van der Waals surface area contributed by atoms with Crippen LogP contribution in [0.5, 0.6) is 0 Å². The van der Waals surface area contributed by atoms with Crippen LogP contribution in [-0.2, 0) is 11.2 Å². The first kappa shape index (κ1) is 14.2. The number of carbonyl (C=O) groups excluding carboxylic acids is 1. The Labute approximate surface area is 117 Å². The SMILES string of the molecule is Cc1ccc(NC(=O)[C@H](N)Cc2ccccc2)c(F)c1. The van der Waals surface area contributed by atoms with Crippen LogP contribution < -0.4 is 11.1 Å². The third-order valence-electron chi connectivity index (χ3n) is 3.02. The lowest BCUT2D eigenvalue weighted by molar-refractivity contribution is -0.117. The second-order valence-electron chi connectivity index (χ2n) is 4.77. The van der Waals surface area contributed by atoms with E-state index in [-0.39, 0.29) is 5.69 Å². The van der Waals surface area contributed by atoms with Crippen molar-refractivity contribution in [1.29, 1.82) is 0 Å². The molecule has 1 atom stereocenters. The fourth-order valence-corrected chi connectivity index (χ4v) is 1.91. The number of nitrogens with two attached hydrogens (primary N) is 1. The number of hydrogen-bond donors (Lipinski definition) is 2. The van der Waals surface area contributed by atoms with Crippen molar-refractivity contribution in [2.24, 2.45) is 5.73 Å². The molecule has 0 aromatic heterocycles. The van der Waals surface area contributed by atoms with Gasteiger partial charge in [-0.3, -0.25) is 4.79 Å². The quantitative estimate of drug-likeness (QED) is 0.899. The van der Waals surface area contributed by atoms with Crippen molar-refractivity contribution in [3.05, 3.63) is 65.5 Å². The number of nitrogens with one attached hydrogen (secondary N) is 1. The normalized spacial score (nSPS) is 11.9. The van der Waals surface area contributed by atoms with Crippen molar-refractivity contribution in [3.8, 4) is 0 Å². The summed E-state index contributed by atoms with van der Waals surface area (Å²) in [6.45, 7) is 1.79. The Morgan fingerprint density at radius 2 is 1.95 bits per heavy atom. The molecule has 0 radical (unpaired) electrons. The molecule has 0 spiro atoms. The highest BCUT2D eigenvalue weighted by molar-refractivity contribution is 5.95. The molecule has 2 aromatic rings. The van der Waals surface area contributed by atoms with Gasteiger partial charge in [-0.25, -0.2) is 4.39 Å². The van der Waals surface area contributed by atoms with Crippen molar-refractivity contribution in [2.45, 2.75) is 19.4 Å². The van der Waals surface area contributed by atoms with E-state index in [0.717, 1.165) is 11.1 Å². The minimum Gasteiger partial charge on any atom is -0.322 e. The van der Waals surface area contributed by atoms with Crippen LogP contribution >= 0.6 is 0 Å². The van der Waals surface area contributed by atoms with E-state index in [0.29, 0.717) is 6.42 Å². The Hall–Kier alpha value is -2.20. The van der Waals surface area contributed by atoms with Crippen molar-refractivity contribution < 1.29 is 9.18 Å². The molecule has 0 aliphatic carbocycles. The van der Waals surface area contributed by atoms with Crippen molar-refractivity contribution in [1.82, 2.24) is 0 Å².